The van der Waals surface area contributed by atoms with Crippen LogP contribution in [0, 0.1) is 0 Å². The van der Waals surface area contributed by atoms with E-state index in [4.69, 9.17) is 10.5 Å². The van der Waals surface area contributed by atoms with Crippen LogP contribution >= 0.6 is 0 Å². The van der Waals surface area contributed by atoms with Gasteiger partial charge in [-0.1, -0.05) is 12.1 Å². The van der Waals surface area contributed by atoms with Crippen LogP contribution in [-0.4, -0.2) is 23.5 Å². The highest BCUT2D eigenvalue weighted by Gasteiger charge is 2.06. The molecule has 0 radical (unpaired) electrons. The van der Waals surface area contributed by atoms with E-state index in [0.717, 1.165) is 5.56 Å². The van der Waals surface area contributed by atoms with E-state index in [2.05, 4.69) is 15.6 Å². The maximum Gasteiger partial charge on any atom is 0.316 e. The minimum absolute atomic E-state index is 0.222. The highest BCUT2D eigenvalue weighted by Crippen LogP contribution is 2.10. The summed E-state index contributed by atoms with van der Waals surface area (Å²) in [6, 6.07) is 9.71. The lowest BCUT2D eigenvalue weighted by molar-refractivity contribution is 0.0950. The lowest BCUT2D eigenvalue weighted by atomic mass is 10.2. The zero-order valence-corrected chi connectivity index (χ0v) is 12.7. The first-order valence-electron chi connectivity index (χ1n) is 7.11. The molecule has 0 unspecified atom stereocenters. The van der Waals surface area contributed by atoms with Gasteiger partial charge in [0, 0.05) is 24.5 Å². The first-order valence-corrected chi connectivity index (χ1v) is 7.11. The van der Waals surface area contributed by atoms with Crippen molar-refractivity contribution in [1.29, 1.82) is 0 Å². The van der Waals surface area contributed by atoms with E-state index in [9.17, 15) is 9.59 Å². The number of primary amides is 1. The van der Waals surface area contributed by atoms with E-state index >= 15 is 0 Å². The van der Waals surface area contributed by atoms with Gasteiger partial charge in [0.05, 0.1) is 12.2 Å². The molecule has 120 valence electrons. The van der Waals surface area contributed by atoms with Crippen molar-refractivity contribution < 1.29 is 14.3 Å². The summed E-state index contributed by atoms with van der Waals surface area (Å²) in [6.45, 7) is 2.76. The fourth-order valence-electron chi connectivity index (χ4n) is 1.88. The number of hydrogen-bond acceptors (Lipinski definition) is 4. The van der Waals surface area contributed by atoms with E-state index in [-0.39, 0.29) is 5.91 Å². The predicted molar refractivity (Wildman–Crippen MR) is 86.2 cm³/mol. The summed E-state index contributed by atoms with van der Waals surface area (Å²) in [4.78, 5) is 26.8. The van der Waals surface area contributed by atoms with E-state index in [1.54, 1.807) is 36.4 Å². The zero-order valence-electron chi connectivity index (χ0n) is 12.7. The Morgan fingerprint density at radius 2 is 1.91 bits per heavy atom. The van der Waals surface area contributed by atoms with Crippen LogP contribution in [0.25, 0.3) is 0 Å². The first-order chi connectivity index (χ1) is 11.1. The highest BCUT2D eigenvalue weighted by atomic mass is 16.5. The Hall–Kier alpha value is -3.09. The third-order valence-corrected chi connectivity index (χ3v) is 2.97. The van der Waals surface area contributed by atoms with Crippen LogP contribution in [0.3, 0.4) is 0 Å². The van der Waals surface area contributed by atoms with Crippen molar-refractivity contribution >= 4 is 17.6 Å². The van der Waals surface area contributed by atoms with E-state index < -0.39 is 6.03 Å². The molecule has 0 atom stereocenters. The third kappa shape index (κ3) is 4.99. The van der Waals surface area contributed by atoms with Gasteiger partial charge in [-0.2, -0.15) is 0 Å². The topological polar surface area (TPSA) is 106 Å². The SMILES string of the molecule is CCOc1ccc(C(=O)NCc2ccc(NC(N)=O)cc2)cn1. The number of amides is 3. The molecule has 23 heavy (non-hydrogen) atoms. The Morgan fingerprint density at radius 3 is 2.48 bits per heavy atom. The molecule has 0 aliphatic rings. The number of carbonyl (C=O) groups is 2. The van der Waals surface area contributed by atoms with E-state index in [1.165, 1.54) is 6.20 Å². The molecule has 0 spiro atoms. The lowest BCUT2D eigenvalue weighted by Gasteiger charge is -2.07. The Morgan fingerprint density at radius 1 is 1.17 bits per heavy atom. The molecule has 0 saturated carbocycles. The number of pyridine rings is 1. The van der Waals surface area contributed by atoms with Gasteiger partial charge in [-0.15, -0.1) is 0 Å². The summed E-state index contributed by atoms with van der Waals surface area (Å²) in [5.41, 5.74) is 6.99. The maximum absolute atomic E-state index is 12.0. The number of benzene rings is 1. The summed E-state index contributed by atoms with van der Waals surface area (Å²) in [5, 5.41) is 5.26. The monoisotopic (exact) mass is 314 g/mol. The number of ether oxygens (including phenoxy) is 1. The summed E-state index contributed by atoms with van der Waals surface area (Å²) < 4.78 is 5.23. The van der Waals surface area contributed by atoms with Crippen LogP contribution in [0.1, 0.15) is 22.8 Å². The number of nitrogens with one attached hydrogen (secondary N) is 2. The largest absolute Gasteiger partial charge is 0.478 e. The van der Waals surface area contributed by atoms with Crippen LogP contribution in [-0.2, 0) is 6.54 Å². The number of nitrogens with two attached hydrogens (primary N) is 1. The van der Waals surface area contributed by atoms with Gasteiger partial charge in [0.25, 0.3) is 5.91 Å². The van der Waals surface area contributed by atoms with Gasteiger partial charge in [-0.05, 0) is 30.7 Å². The van der Waals surface area contributed by atoms with Crippen molar-refractivity contribution in [2.45, 2.75) is 13.5 Å². The Balaban J connectivity index is 1.89. The smallest absolute Gasteiger partial charge is 0.316 e. The molecule has 1 heterocycles. The molecule has 0 bridgehead atoms. The minimum atomic E-state index is -0.617. The van der Waals surface area contributed by atoms with Gasteiger partial charge < -0.3 is 21.1 Å². The fourth-order valence-corrected chi connectivity index (χ4v) is 1.88. The predicted octanol–water partition coefficient (Wildman–Crippen LogP) is 1.90. The van der Waals surface area contributed by atoms with Crippen LogP contribution in [0.15, 0.2) is 42.6 Å². The minimum Gasteiger partial charge on any atom is -0.478 e. The van der Waals surface area contributed by atoms with Gasteiger partial charge in [-0.3, -0.25) is 4.79 Å². The summed E-state index contributed by atoms with van der Waals surface area (Å²) in [7, 11) is 0. The van der Waals surface area contributed by atoms with Crippen LogP contribution in [0.2, 0.25) is 0 Å². The molecule has 1 aromatic carbocycles. The van der Waals surface area contributed by atoms with E-state index in [0.29, 0.717) is 30.3 Å². The van der Waals surface area contributed by atoms with Gasteiger partial charge in [0.1, 0.15) is 0 Å². The molecule has 2 rings (SSSR count). The van der Waals surface area contributed by atoms with Gasteiger partial charge in [0.15, 0.2) is 0 Å². The molecule has 2 aromatic rings. The van der Waals surface area contributed by atoms with Crippen molar-refractivity contribution in [3.05, 3.63) is 53.7 Å². The van der Waals surface area contributed by atoms with Crippen molar-refractivity contribution in [1.82, 2.24) is 10.3 Å². The number of nitrogens with zero attached hydrogens (tertiary/aromatic N) is 1. The van der Waals surface area contributed by atoms with E-state index in [1.807, 2.05) is 6.92 Å². The molecular formula is C16H18N4O3. The maximum atomic E-state index is 12.0. The number of hydrogen-bond donors (Lipinski definition) is 3. The molecule has 0 aliphatic heterocycles. The van der Waals surface area contributed by atoms with Gasteiger partial charge >= 0.3 is 6.03 Å². The molecule has 7 nitrogen and oxygen atoms in total. The van der Waals surface area contributed by atoms with Crippen molar-refractivity contribution in [2.24, 2.45) is 5.73 Å². The molecule has 3 amide bonds. The summed E-state index contributed by atoms with van der Waals surface area (Å²) >= 11 is 0. The Labute approximate surface area is 133 Å². The zero-order chi connectivity index (χ0) is 16.7. The molecule has 0 aliphatic carbocycles. The Kier molecular flexibility index (Phi) is 5.51. The fraction of sp³-hybridized carbons (Fsp3) is 0.188. The van der Waals surface area contributed by atoms with Crippen LogP contribution < -0.4 is 21.1 Å². The molecule has 0 saturated heterocycles. The molecule has 0 fully saturated rings. The second-order valence-corrected chi connectivity index (χ2v) is 4.69. The average Bonchev–Trinajstić information content (AvgIpc) is 2.54. The molecule has 7 heteroatoms. The van der Waals surface area contributed by atoms with Gasteiger partial charge in [-0.25, -0.2) is 9.78 Å². The highest BCUT2D eigenvalue weighted by molar-refractivity contribution is 5.93. The second kappa shape index (κ2) is 7.79. The van der Waals surface area contributed by atoms with Gasteiger partial charge in [0.2, 0.25) is 5.88 Å². The Bertz CT molecular complexity index is 669. The second-order valence-electron chi connectivity index (χ2n) is 4.69. The van der Waals surface area contributed by atoms with Crippen molar-refractivity contribution in [3.8, 4) is 5.88 Å². The number of carbonyl (C=O) groups excluding carboxylic acids is 2. The standard InChI is InChI=1S/C16H18N4O3/c1-2-23-14-8-5-12(10-18-14)15(21)19-9-11-3-6-13(7-4-11)20-16(17)22/h3-8,10H,2,9H2,1H3,(H,19,21)(H3,17,20,22). The molecule has 1 aromatic heterocycles. The number of urea groups is 1. The molecule has 4 N–H and O–H groups in total. The quantitative estimate of drug-likeness (QED) is 0.757. The first kappa shape index (κ1) is 16.3. The summed E-state index contributed by atoms with van der Waals surface area (Å²) in [5.74, 6) is 0.265. The number of aromatic nitrogens is 1. The van der Waals surface area contributed by atoms with Crippen molar-refractivity contribution in [2.75, 3.05) is 11.9 Å². The third-order valence-electron chi connectivity index (χ3n) is 2.97. The average molecular weight is 314 g/mol. The normalized spacial score (nSPS) is 9.96. The number of rotatable bonds is 6. The molecular weight excluding hydrogens is 296 g/mol. The van der Waals surface area contributed by atoms with Crippen LogP contribution in [0.4, 0.5) is 10.5 Å². The summed E-state index contributed by atoms with van der Waals surface area (Å²) in [6.07, 6.45) is 1.47. The van der Waals surface area contributed by atoms with Crippen LogP contribution in [0.5, 0.6) is 5.88 Å². The lowest BCUT2D eigenvalue weighted by Crippen LogP contribution is -2.23. The number of anilines is 1. The van der Waals surface area contributed by atoms with Crippen molar-refractivity contribution in [3.63, 3.8) is 0 Å².